The number of anilines is 3. The molecule has 0 aliphatic rings. The number of rotatable bonds is 5. The molecule has 0 fully saturated rings. The summed E-state index contributed by atoms with van der Waals surface area (Å²) in [7, 11) is -3.39. The number of nitrogens with two attached hydrogens (primary N) is 1. The minimum Gasteiger partial charge on any atom is -0.390 e. The molecule has 0 unspecified atom stereocenters. The van der Waals surface area contributed by atoms with Crippen LogP contribution in [-0.4, -0.2) is 20.6 Å². The van der Waals surface area contributed by atoms with Crippen LogP contribution in [0.2, 0.25) is 0 Å². The number of nitrogen functional groups attached to an aromatic ring is 1. The lowest BCUT2D eigenvalue weighted by Crippen LogP contribution is -2.13. The number of nitrogens with one attached hydrogen (secondary N) is 2. The van der Waals surface area contributed by atoms with Crippen LogP contribution in [0.1, 0.15) is 10.4 Å². The first-order chi connectivity index (χ1) is 12.3. The normalized spacial score (nSPS) is 11.1. The van der Waals surface area contributed by atoms with Gasteiger partial charge in [0.1, 0.15) is 0 Å². The first-order valence-electron chi connectivity index (χ1n) is 7.66. The molecule has 0 spiro atoms. The Labute approximate surface area is 155 Å². The Bertz CT molecular complexity index is 1040. The zero-order valence-corrected chi connectivity index (χ0v) is 15.5. The van der Waals surface area contributed by atoms with Crippen LogP contribution < -0.4 is 15.8 Å². The van der Waals surface area contributed by atoms with Gasteiger partial charge in [-0.1, -0.05) is 36.4 Å². The van der Waals surface area contributed by atoms with Gasteiger partial charge in [0.25, 0.3) is 5.91 Å². The topological polar surface area (TPSA) is 101 Å². The number of hydrogen-bond acceptors (Lipinski definition) is 5. The Kier molecular flexibility index (Phi) is 4.97. The lowest BCUT2D eigenvalue weighted by Gasteiger charge is -2.08. The number of sulfonamides is 1. The molecule has 0 atom stereocenters. The van der Waals surface area contributed by atoms with Gasteiger partial charge in [-0.25, -0.2) is 8.42 Å². The van der Waals surface area contributed by atoms with E-state index >= 15 is 0 Å². The molecule has 0 bridgehead atoms. The summed E-state index contributed by atoms with van der Waals surface area (Å²) in [5.74, 6) is -0.350. The third-order valence-corrected chi connectivity index (χ3v) is 5.11. The van der Waals surface area contributed by atoms with Crippen molar-refractivity contribution in [2.24, 2.45) is 0 Å². The molecule has 134 valence electrons. The summed E-state index contributed by atoms with van der Waals surface area (Å²) in [6, 6.07) is 17.9. The first kappa shape index (κ1) is 18.0. The van der Waals surface area contributed by atoms with Gasteiger partial charge in [-0.3, -0.25) is 9.52 Å². The molecule has 0 radical (unpaired) electrons. The molecule has 3 aromatic rings. The maximum atomic E-state index is 12.6. The van der Waals surface area contributed by atoms with Crippen molar-refractivity contribution in [3.63, 3.8) is 0 Å². The second kappa shape index (κ2) is 7.19. The summed E-state index contributed by atoms with van der Waals surface area (Å²) < 4.78 is 25.0. The molecule has 0 saturated heterocycles. The summed E-state index contributed by atoms with van der Waals surface area (Å²) >= 11 is 1.34. The third kappa shape index (κ3) is 4.41. The van der Waals surface area contributed by atoms with E-state index in [0.29, 0.717) is 21.9 Å². The maximum absolute atomic E-state index is 12.6. The number of thiophene rings is 1. The fourth-order valence-electron chi connectivity index (χ4n) is 2.40. The van der Waals surface area contributed by atoms with Gasteiger partial charge in [0.05, 0.1) is 22.5 Å². The highest BCUT2D eigenvalue weighted by Gasteiger charge is 2.15. The summed E-state index contributed by atoms with van der Waals surface area (Å²) in [4.78, 5) is 13.5. The number of amides is 1. The number of hydrogen-bond donors (Lipinski definition) is 3. The fourth-order valence-corrected chi connectivity index (χ4v) is 3.88. The van der Waals surface area contributed by atoms with Crippen molar-refractivity contribution in [2.45, 2.75) is 0 Å². The van der Waals surface area contributed by atoms with Gasteiger partial charge in [0, 0.05) is 10.6 Å². The predicted molar refractivity (Wildman–Crippen MR) is 107 cm³/mol. The summed E-state index contributed by atoms with van der Waals surface area (Å²) in [6.45, 7) is 0. The van der Waals surface area contributed by atoms with Gasteiger partial charge in [0.15, 0.2) is 0 Å². The van der Waals surface area contributed by atoms with E-state index in [1.807, 2.05) is 30.3 Å². The Morgan fingerprint density at radius 2 is 1.69 bits per heavy atom. The van der Waals surface area contributed by atoms with Gasteiger partial charge in [-0.05, 0) is 29.8 Å². The van der Waals surface area contributed by atoms with Crippen molar-refractivity contribution in [1.82, 2.24) is 0 Å². The zero-order valence-electron chi connectivity index (χ0n) is 13.9. The molecule has 0 aliphatic heterocycles. The molecule has 1 amide bonds. The van der Waals surface area contributed by atoms with Crippen LogP contribution in [0.4, 0.5) is 16.4 Å². The van der Waals surface area contributed by atoms with Gasteiger partial charge in [-0.2, -0.15) is 0 Å². The summed E-state index contributed by atoms with van der Waals surface area (Å²) in [5, 5.41) is 3.17. The van der Waals surface area contributed by atoms with Crippen LogP contribution in [-0.2, 0) is 10.0 Å². The van der Waals surface area contributed by atoms with Crippen LogP contribution in [0.3, 0.4) is 0 Å². The Hall–Kier alpha value is -2.84. The lowest BCUT2D eigenvalue weighted by molar-refractivity contribution is 0.102. The molecule has 1 aromatic heterocycles. The van der Waals surface area contributed by atoms with E-state index in [2.05, 4.69) is 10.0 Å². The third-order valence-electron chi connectivity index (χ3n) is 3.49. The first-order valence-corrected chi connectivity index (χ1v) is 10.4. The molecular weight excluding hydrogens is 370 g/mol. The van der Waals surface area contributed by atoms with Gasteiger partial charge in [-0.15, -0.1) is 11.3 Å². The molecule has 26 heavy (non-hydrogen) atoms. The second-order valence-electron chi connectivity index (χ2n) is 5.66. The highest BCUT2D eigenvalue weighted by atomic mass is 32.2. The smallest absolute Gasteiger partial charge is 0.258 e. The Morgan fingerprint density at radius 1 is 1.00 bits per heavy atom. The van der Waals surface area contributed by atoms with E-state index in [-0.39, 0.29) is 5.91 Å². The van der Waals surface area contributed by atoms with E-state index < -0.39 is 10.0 Å². The van der Waals surface area contributed by atoms with Crippen molar-refractivity contribution in [3.8, 4) is 10.4 Å². The fraction of sp³-hybridized carbons (Fsp3) is 0.0556. The highest BCUT2D eigenvalue weighted by molar-refractivity contribution is 7.92. The van der Waals surface area contributed by atoms with Crippen LogP contribution in [0.5, 0.6) is 0 Å². The molecule has 0 aliphatic carbocycles. The number of benzene rings is 2. The van der Waals surface area contributed by atoms with Crippen LogP contribution in [0.25, 0.3) is 10.4 Å². The van der Waals surface area contributed by atoms with Crippen molar-refractivity contribution in [3.05, 3.63) is 66.2 Å². The molecule has 1 heterocycles. The van der Waals surface area contributed by atoms with Crippen molar-refractivity contribution in [1.29, 1.82) is 0 Å². The van der Waals surface area contributed by atoms with Gasteiger partial charge >= 0.3 is 0 Å². The maximum Gasteiger partial charge on any atom is 0.258 e. The molecule has 2 aromatic carbocycles. The zero-order chi connectivity index (χ0) is 18.7. The van der Waals surface area contributed by atoms with Crippen LogP contribution in [0, 0.1) is 0 Å². The Balaban J connectivity index is 1.81. The van der Waals surface area contributed by atoms with Crippen LogP contribution >= 0.6 is 11.3 Å². The minimum atomic E-state index is -3.39. The molecule has 8 heteroatoms. The SMILES string of the molecule is CS(=O)(=O)Nc1cccc(NC(=O)c2cc(-c3ccccc3)sc2N)c1. The van der Waals surface area contributed by atoms with E-state index in [9.17, 15) is 13.2 Å². The van der Waals surface area contributed by atoms with E-state index in [0.717, 1.165) is 16.7 Å². The minimum absolute atomic E-state index is 0.350. The summed E-state index contributed by atoms with van der Waals surface area (Å²) in [5.41, 5.74) is 8.22. The largest absolute Gasteiger partial charge is 0.390 e. The number of carbonyl (C=O) groups excluding carboxylic acids is 1. The van der Waals surface area contributed by atoms with E-state index in [4.69, 9.17) is 5.73 Å². The standard InChI is InChI=1S/C18H17N3O3S2/c1-26(23,24)21-14-9-5-8-13(10-14)20-18(22)15-11-16(25-17(15)19)12-6-3-2-4-7-12/h2-11,21H,19H2,1H3,(H,20,22). The molecule has 3 rings (SSSR count). The van der Waals surface area contributed by atoms with E-state index in [1.54, 1.807) is 30.3 Å². The van der Waals surface area contributed by atoms with Crippen LogP contribution in [0.15, 0.2) is 60.7 Å². The van der Waals surface area contributed by atoms with Gasteiger partial charge in [0.2, 0.25) is 10.0 Å². The highest BCUT2D eigenvalue weighted by Crippen LogP contribution is 2.33. The Morgan fingerprint density at radius 3 is 2.38 bits per heavy atom. The van der Waals surface area contributed by atoms with Crippen molar-refractivity contribution in [2.75, 3.05) is 22.0 Å². The van der Waals surface area contributed by atoms with Gasteiger partial charge < -0.3 is 11.1 Å². The quantitative estimate of drug-likeness (QED) is 0.622. The van der Waals surface area contributed by atoms with Crippen molar-refractivity contribution < 1.29 is 13.2 Å². The monoisotopic (exact) mass is 387 g/mol. The number of carbonyl (C=O) groups is 1. The molecule has 6 nitrogen and oxygen atoms in total. The lowest BCUT2D eigenvalue weighted by atomic mass is 10.1. The van der Waals surface area contributed by atoms with Crippen molar-refractivity contribution >= 4 is 43.6 Å². The van der Waals surface area contributed by atoms with E-state index in [1.165, 1.54) is 11.3 Å². The molecule has 4 N–H and O–H groups in total. The second-order valence-corrected chi connectivity index (χ2v) is 8.50. The average Bonchev–Trinajstić information content (AvgIpc) is 2.96. The molecular formula is C18H17N3O3S2. The average molecular weight is 387 g/mol. The summed E-state index contributed by atoms with van der Waals surface area (Å²) in [6.07, 6.45) is 1.06. The molecule has 0 saturated carbocycles. The predicted octanol–water partition coefficient (Wildman–Crippen LogP) is 3.62.